The van der Waals surface area contributed by atoms with E-state index in [2.05, 4.69) is 35.0 Å². The Labute approximate surface area is 179 Å². The molecule has 4 rings (SSSR count). The van der Waals surface area contributed by atoms with E-state index in [1.54, 1.807) is 7.11 Å². The predicted molar refractivity (Wildman–Crippen MR) is 119 cm³/mol. The maximum atomic E-state index is 13.3. The van der Waals surface area contributed by atoms with Gasteiger partial charge in [0.1, 0.15) is 6.61 Å². The lowest BCUT2D eigenvalue weighted by molar-refractivity contribution is -0.125. The number of carbonyl (C=O) groups is 1. The van der Waals surface area contributed by atoms with Crippen LogP contribution in [-0.4, -0.2) is 50.7 Å². The highest BCUT2D eigenvalue weighted by atomic mass is 16.5. The van der Waals surface area contributed by atoms with Gasteiger partial charge in [-0.05, 0) is 56.5 Å². The summed E-state index contributed by atoms with van der Waals surface area (Å²) in [5.41, 5.74) is 2.41. The van der Waals surface area contributed by atoms with E-state index >= 15 is 0 Å². The van der Waals surface area contributed by atoms with E-state index in [1.807, 2.05) is 30.3 Å². The summed E-state index contributed by atoms with van der Waals surface area (Å²) in [4.78, 5) is 17.7. The van der Waals surface area contributed by atoms with Gasteiger partial charge in [-0.2, -0.15) is 0 Å². The first-order valence-electron chi connectivity index (χ1n) is 11.0. The second-order valence-corrected chi connectivity index (χ2v) is 8.42. The molecule has 0 radical (unpaired) electrons. The molecule has 5 nitrogen and oxygen atoms in total. The fourth-order valence-corrected chi connectivity index (χ4v) is 4.43. The van der Waals surface area contributed by atoms with E-state index < -0.39 is 0 Å². The van der Waals surface area contributed by atoms with Gasteiger partial charge >= 0.3 is 0 Å². The molecule has 1 saturated carbocycles. The monoisotopic (exact) mass is 408 g/mol. The lowest BCUT2D eigenvalue weighted by Gasteiger charge is -2.42. The summed E-state index contributed by atoms with van der Waals surface area (Å²) in [5, 5.41) is 0. The lowest BCUT2D eigenvalue weighted by Crippen LogP contribution is -2.52. The highest BCUT2D eigenvalue weighted by molar-refractivity contribution is 5.97. The zero-order valence-electron chi connectivity index (χ0n) is 18.0. The van der Waals surface area contributed by atoms with E-state index in [1.165, 1.54) is 12.0 Å². The van der Waals surface area contributed by atoms with Gasteiger partial charge in [-0.25, -0.2) is 0 Å². The van der Waals surface area contributed by atoms with E-state index in [4.69, 9.17) is 9.47 Å². The highest BCUT2D eigenvalue weighted by Crippen LogP contribution is 2.36. The molecule has 0 aromatic heterocycles. The van der Waals surface area contributed by atoms with Gasteiger partial charge in [-0.15, -0.1) is 0 Å². The summed E-state index contributed by atoms with van der Waals surface area (Å²) in [6.45, 7) is 2.22. The van der Waals surface area contributed by atoms with Crippen LogP contribution in [0.4, 0.5) is 5.69 Å². The molecule has 0 N–H and O–H groups in total. The van der Waals surface area contributed by atoms with Crippen molar-refractivity contribution in [1.82, 2.24) is 4.90 Å². The molecule has 1 amide bonds. The Balaban J connectivity index is 1.39. The Hall–Kier alpha value is -2.53. The molecule has 30 heavy (non-hydrogen) atoms. The molecule has 1 aliphatic heterocycles. The second kappa shape index (κ2) is 9.52. The number of benzene rings is 2. The fraction of sp³-hybridized carbons (Fsp3) is 0.480. The molecule has 2 aromatic rings. The number of ether oxygens (including phenoxy) is 2. The SMILES string of the molecule is COc1ccccc1OCCN(C)CC1CCc2ccccc2N1C(=O)C1CCC1. The highest BCUT2D eigenvalue weighted by Gasteiger charge is 2.37. The van der Waals surface area contributed by atoms with Crippen LogP contribution in [0.3, 0.4) is 0 Å². The Morgan fingerprint density at radius 3 is 2.53 bits per heavy atom. The number of methoxy groups -OCH3 is 1. The predicted octanol–water partition coefficient (Wildman–Crippen LogP) is 4.15. The molecule has 0 bridgehead atoms. The molecule has 1 fully saturated rings. The van der Waals surface area contributed by atoms with Crippen molar-refractivity contribution < 1.29 is 14.3 Å². The molecule has 160 valence electrons. The molecule has 1 atom stereocenters. The van der Waals surface area contributed by atoms with Crippen LogP contribution in [0.2, 0.25) is 0 Å². The first-order valence-corrected chi connectivity index (χ1v) is 11.0. The largest absolute Gasteiger partial charge is 0.493 e. The standard InChI is InChI=1S/C25H32N2O3/c1-26(16-17-30-24-13-6-5-12-23(24)29-2)18-21-15-14-19-8-3-4-11-22(19)27(21)25(28)20-9-7-10-20/h3-6,8,11-13,20-21H,7,9-10,14-18H2,1-2H3. The summed E-state index contributed by atoms with van der Waals surface area (Å²) in [6.07, 6.45) is 5.28. The zero-order valence-corrected chi connectivity index (χ0v) is 18.0. The number of para-hydroxylation sites is 3. The van der Waals surface area contributed by atoms with E-state index in [-0.39, 0.29) is 12.0 Å². The van der Waals surface area contributed by atoms with Crippen molar-refractivity contribution in [3.05, 3.63) is 54.1 Å². The first kappa shape index (κ1) is 20.7. The fourth-order valence-electron chi connectivity index (χ4n) is 4.43. The number of fused-ring (bicyclic) bond motifs is 1. The van der Waals surface area contributed by atoms with Crippen molar-refractivity contribution in [2.45, 2.75) is 38.1 Å². The lowest BCUT2D eigenvalue weighted by atomic mass is 9.82. The third kappa shape index (κ3) is 4.46. The summed E-state index contributed by atoms with van der Waals surface area (Å²) in [6, 6.07) is 16.3. The summed E-state index contributed by atoms with van der Waals surface area (Å²) in [5.74, 6) is 2.04. The van der Waals surface area contributed by atoms with Gasteiger partial charge in [0.25, 0.3) is 0 Å². The van der Waals surface area contributed by atoms with Crippen LogP contribution in [0.25, 0.3) is 0 Å². The van der Waals surface area contributed by atoms with Crippen LogP contribution in [0.5, 0.6) is 11.5 Å². The minimum Gasteiger partial charge on any atom is -0.493 e. The number of rotatable bonds is 8. The number of hydrogen-bond donors (Lipinski definition) is 0. The maximum Gasteiger partial charge on any atom is 0.230 e. The average molecular weight is 409 g/mol. The van der Waals surface area contributed by atoms with Crippen LogP contribution in [0.1, 0.15) is 31.2 Å². The van der Waals surface area contributed by atoms with E-state index in [0.29, 0.717) is 12.5 Å². The van der Waals surface area contributed by atoms with E-state index in [0.717, 1.165) is 56.0 Å². The van der Waals surface area contributed by atoms with Crippen LogP contribution in [0.15, 0.2) is 48.5 Å². The first-order chi connectivity index (χ1) is 14.7. The van der Waals surface area contributed by atoms with Crippen molar-refractivity contribution >= 4 is 11.6 Å². The number of aryl methyl sites for hydroxylation is 1. The number of amides is 1. The van der Waals surface area contributed by atoms with Gasteiger partial charge in [-0.1, -0.05) is 36.8 Å². The molecule has 0 saturated heterocycles. The molecule has 0 spiro atoms. The number of carbonyl (C=O) groups excluding carboxylic acids is 1. The van der Waals surface area contributed by atoms with Crippen molar-refractivity contribution in [3.8, 4) is 11.5 Å². The van der Waals surface area contributed by atoms with Crippen LogP contribution in [-0.2, 0) is 11.2 Å². The van der Waals surface area contributed by atoms with Gasteiger partial charge in [0.2, 0.25) is 5.91 Å². The van der Waals surface area contributed by atoms with Crippen molar-refractivity contribution in [2.75, 3.05) is 38.8 Å². The summed E-state index contributed by atoms with van der Waals surface area (Å²) < 4.78 is 11.3. The topological polar surface area (TPSA) is 42.0 Å². The number of likely N-dealkylation sites (N-methyl/N-ethyl adjacent to an activating group) is 1. The van der Waals surface area contributed by atoms with Crippen LogP contribution in [0, 0.1) is 5.92 Å². The van der Waals surface area contributed by atoms with Crippen molar-refractivity contribution in [3.63, 3.8) is 0 Å². The van der Waals surface area contributed by atoms with Gasteiger partial charge in [0.15, 0.2) is 11.5 Å². The molecule has 2 aliphatic rings. The summed E-state index contributed by atoms with van der Waals surface area (Å²) in [7, 11) is 3.76. The van der Waals surface area contributed by atoms with Crippen LogP contribution >= 0.6 is 0 Å². The minimum atomic E-state index is 0.206. The second-order valence-electron chi connectivity index (χ2n) is 8.42. The number of hydrogen-bond acceptors (Lipinski definition) is 4. The number of nitrogens with zero attached hydrogens (tertiary/aromatic N) is 2. The normalized spacial score (nSPS) is 18.6. The Morgan fingerprint density at radius 1 is 1.07 bits per heavy atom. The minimum absolute atomic E-state index is 0.206. The van der Waals surface area contributed by atoms with Crippen molar-refractivity contribution in [1.29, 1.82) is 0 Å². The van der Waals surface area contributed by atoms with E-state index in [9.17, 15) is 4.79 Å². The maximum absolute atomic E-state index is 13.3. The third-order valence-corrected chi connectivity index (χ3v) is 6.38. The van der Waals surface area contributed by atoms with Crippen molar-refractivity contribution in [2.24, 2.45) is 5.92 Å². The molecule has 1 aliphatic carbocycles. The van der Waals surface area contributed by atoms with Gasteiger partial charge in [-0.3, -0.25) is 4.79 Å². The number of anilines is 1. The van der Waals surface area contributed by atoms with Crippen LogP contribution < -0.4 is 14.4 Å². The average Bonchev–Trinajstić information content (AvgIpc) is 2.72. The molecule has 2 aromatic carbocycles. The molecular formula is C25H32N2O3. The molecular weight excluding hydrogens is 376 g/mol. The quantitative estimate of drug-likeness (QED) is 0.658. The summed E-state index contributed by atoms with van der Waals surface area (Å²) >= 11 is 0. The van der Waals surface area contributed by atoms with Gasteiger partial charge in [0.05, 0.1) is 7.11 Å². The third-order valence-electron chi connectivity index (χ3n) is 6.38. The zero-order chi connectivity index (χ0) is 20.9. The molecule has 5 heteroatoms. The Bertz CT molecular complexity index is 865. The molecule has 1 unspecified atom stereocenters. The van der Waals surface area contributed by atoms with Gasteiger partial charge < -0.3 is 19.3 Å². The Morgan fingerprint density at radius 2 is 1.80 bits per heavy atom. The van der Waals surface area contributed by atoms with Gasteiger partial charge in [0, 0.05) is 30.7 Å². The smallest absolute Gasteiger partial charge is 0.230 e. The molecule has 1 heterocycles. The Kier molecular flexibility index (Phi) is 6.58.